The van der Waals surface area contributed by atoms with Crippen LogP contribution in [0.4, 0.5) is 0 Å². The highest BCUT2D eigenvalue weighted by Gasteiger charge is 1.97. The molecule has 0 aromatic carbocycles. The lowest BCUT2D eigenvalue weighted by Crippen LogP contribution is -1.98. The van der Waals surface area contributed by atoms with Crippen molar-refractivity contribution in [3.63, 3.8) is 0 Å². The minimum Gasteiger partial charge on any atom is -0.385 e. The van der Waals surface area contributed by atoms with Crippen LogP contribution in [0.2, 0.25) is 0 Å². The van der Waals surface area contributed by atoms with Crippen LogP contribution in [0.3, 0.4) is 0 Å². The van der Waals surface area contributed by atoms with Crippen molar-refractivity contribution in [3.8, 4) is 0 Å². The quantitative estimate of drug-likeness (QED) is 0.491. The smallest absolute Gasteiger partial charge is 0.133 e. The van der Waals surface area contributed by atoms with E-state index < -0.39 is 0 Å². The highest BCUT2D eigenvalue weighted by atomic mass is 32.2. The summed E-state index contributed by atoms with van der Waals surface area (Å²) < 4.78 is 4.91. The maximum atomic E-state index is 10.9. The van der Waals surface area contributed by atoms with Gasteiger partial charge in [-0.25, -0.2) is 0 Å². The van der Waals surface area contributed by atoms with Gasteiger partial charge in [-0.3, -0.25) is 4.79 Å². The molecule has 0 aromatic heterocycles. The van der Waals surface area contributed by atoms with E-state index in [1.165, 1.54) is 0 Å². The van der Waals surface area contributed by atoms with E-state index in [-0.39, 0.29) is 7.43 Å². The number of ether oxygens (including phenoxy) is 1. The van der Waals surface area contributed by atoms with Gasteiger partial charge in [0.2, 0.25) is 0 Å². The Morgan fingerprint density at radius 1 is 1.33 bits per heavy atom. The molecule has 0 radical (unpaired) electrons. The number of methoxy groups -OCH3 is 1. The second-order valence-electron chi connectivity index (χ2n) is 2.60. The Balaban J connectivity index is -0.000000449. The summed E-state index contributed by atoms with van der Waals surface area (Å²) in [6.07, 6.45) is 2.49. The predicted molar refractivity (Wildman–Crippen MR) is 76.1 cm³/mol. The molecule has 0 heterocycles. The maximum Gasteiger partial charge on any atom is 0.133 e. The first kappa shape index (κ1) is 20.8. The van der Waals surface area contributed by atoms with E-state index in [1.54, 1.807) is 7.11 Å². The van der Waals surface area contributed by atoms with Gasteiger partial charge < -0.3 is 4.74 Å². The van der Waals surface area contributed by atoms with Crippen LogP contribution in [0.1, 0.15) is 33.6 Å². The van der Waals surface area contributed by atoms with Crippen LogP contribution in [0.25, 0.3) is 0 Å². The molecule has 0 bridgehead atoms. The second-order valence-corrected chi connectivity index (χ2v) is 3.83. The van der Waals surface area contributed by atoms with Crippen LogP contribution in [0.15, 0.2) is 0 Å². The molecule has 15 heavy (non-hydrogen) atoms. The third kappa shape index (κ3) is 20.5. The maximum absolute atomic E-state index is 10.9. The van der Waals surface area contributed by atoms with Crippen LogP contribution in [0.5, 0.6) is 0 Å². The van der Waals surface area contributed by atoms with Crippen LogP contribution in [-0.4, -0.2) is 37.7 Å². The molecule has 1 unspecified atom stereocenters. The molecule has 0 aliphatic carbocycles. The van der Waals surface area contributed by atoms with Gasteiger partial charge in [0.05, 0.1) is 0 Å². The highest BCUT2D eigenvalue weighted by molar-refractivity contribution is 7.99. The second kappa shape index (κ2) is 19.9. The third-order valence-electron chi connectivity index (χ3n) is 1.56. The summed E-state index contributed by atoms with van der Waals surface area (Å²) in [5.74, 6) is 2.44. The molecule has 0 aromatic rings. The molecule has 0 N–H and O–H groups in total. The van der Waals surface area contributed by atoms with Crippen LogP contribution < -0.4 is 0 Å². The normalized spacial score (nSPS) is 8.53. The van der Waals surface area contributed by atoms with E-state index in [1.807, 2.05) is 25.4 Å². The molecule has 0 amide bonds. The van der Waals surface area contributed by atoms with Gasteiger partial charge in [0.15, 0.2) is 0 Å². The monoisotopic (exact) mass is 254 g/mol. The molecule has 0 rings (SSSR count). The van der Waals surface area contributed by atoms with Gasteiger partial charge in [-0.1, -0.05) is 21.0 Å². The van der Waals surface area contributed by atoms with Crippen molar-refractivity contribution in [1.82, 2.24) is 0 Å². The van der Waals surface area contributed by atoms with Gasteiger partial charge in [-0.15, -0.1) is 9.24 Å². The van der Waals surface area contributed by atoms with Crippen molar-refractivity contribution >= 4 is 26.8 Å². The van der Waals surface area contributed by atoms with Crippen molar-refractivity contribution in [3.05, 3.63) is 0 Å². The lowest BCUT2D eigenvalue weighted by atomic mass is 10.2. The van der Waals surface area contributed by atoms with Crippen molar-refractivity contribution < 1.29 is 9.53 Å². The molecule has 4 heteroatoms. The van der Waals surface area contributed by atoms with Crippen molar-refractivity contribution in [2.24, 2.45) is 0 Å². The number of ketones is 1. The Hall–Kier alpha value is 0.410. The number of hydrogen-bond donors (Lipinski definition) is 0. The molecule has 1 atom stereocenters. The topological polar surface area (TPSA) is 26.3 Å². The van der Waals surface area contributed by atoms with Crippen LogP contribution in [0, 0.1) is 0 Å². The minimum absolute atomic E-state index is 0. The van der Waals surface area contributed by atoms with Gasteiger partial charge in [0.25, 0.3) is 0 Å². The fourth-order valence-electron chi connectivity index (χ4n) is 0.770. The van der Waals surface area contributed by atoms with Crippen LogP contribution >= 0.6 is 21.0 Å². The molecule has 0 spiro atoms. The van der Waals surface area contributed by atoms with Gasteiger partial charge in [-0.05, 0) is 12.2 Å². The Morgan fingerprint density at radius 2 is 1.93 bits per heavy atom. The minimum atomic E-state index is 0. The molecule has 2 nitrogen and oxygen atoms in total. The fraction of sp³-hybridized carbons (Fsp3) is 0.909. The van der Waals surface area contributed by atoms with Gasteiger partial charge in [0, 0.05) is 32.3 Å². The Morgan fingerprint density at radius 3 is 2.40 bits per heavy atom. The van der Waals surface area contributed by atoms with E-state index in [0.29, 0.717) is 12.2 Å². The molecule has 0 aliphatic heterocycles. The molecule has 0 fully saturated rings. The van der Waals surface area contributed by atoms with Crippen molar-refractivity contribution in [2.75, 3.05) is 31.9 Å². The number of hydrogen-bond acceptors (Lipinski definition) is 3. The Labute approximate surface area is 102 Å². The zero-order chi connectivity index (χ0) is 11.2. The molecular weight excluding hydrogens is 227 g/mol. The molecule has 0 saturated carbocycles. The van der Waals surface area contributed by atoms with Crippen molar-refractivity contribution in [2.45, 2.75) is 33.6 Å². The molecule has 0 aliphatic rings. The average molecular weight is 254 g/mol. The third-order valence-corrected chi connectivity index (χ3v) is 2.63. The van der Waals surface area contributed by atoms with E-state index in [0.717, 1.165) is 31.0 Å². The average Bonchev–Trinajstić information content (AvgIpc) is 2.25. The van der Waals surface area contributed by atoms with E-state index in [9.17, 15) is 4.79 Å². The Bertz CT molecular complexity index is 121. The first-order chi connectivity index (χ1) is 6.81. The van der Waals surface area contributed by atoms with E-state index in [4.69, 9.17) is 4.74 Å². The largest absolute Gasteiger partial charge is 0.385 e. The summed E-state index contributed by atoms with van der Waals surface area (Å²) in [5, 5.41) is 0. The number of Topliss-reactive ketones (excluding diaryl/α,β-unsaturated/α-hetero) is 1. The Kier molecular flexibility index (Phi) is 27.6. The molecular formula is C11H27O2PS. The number of carbonyl (C=O) groups is 1. The first-order valence-corrected chi connectivity index (χ1v) is 7.28. The number of thioether (sulfide) groups is 1. The van der Waals surface area contributed by atoms with E-state index in [2.05, 4.69) is 9.24 Å². The van der Waals surface area contributed by atoms with Gasteiger partial charge in [-0.2, -0.15) is 11.8 Å². The number of carbonyl (C=O) groups excluding carboxylic acids is 1. The number of rotatable bonds is 8. The zero-order valence-electron chi connectivity index (χ0n) is 9.54. The standard InChI is InChI=1S/C9H18O2S.CH5P.CH4/c1-3-9(10)5-8-12-7-4-6-11-2;1-2;/h3-8H2,1-2H3;2H2,1H3;1H4. The highest BCUT2D eigenvalue weighted by Crippen LogP contribution is 2.05. The van der Waals surface area contributed by atoms with Crippen molar-refractivity contribution in [1.29, 1.82) is 0 Å². The fourth-order valence-corrected chi connectivity index (χ4v) is 1.67. The molecule has 0 saturated heterocycles. The summed E-state index contributed by atoms with van der Waals surface area (Å²) in [7, 11) is 4.13. The predicted octanol–water partition coefficient (Wildman–Crippen LogP) is 3.25. The molecule has 94 valence electrons. The summed E-state index contributed by atoms with van der Waals surface area (Å²) in [5.41, 5.74) is 0. The summed E-state index contributed by atoms with van der Waals surface area (Å²) in [6.45, 7) is 4.66. The summed E-state index contributed by atoms with van der Waals surface area (Å²) in [6, 6.07) is 0. The van der Waals surface area contributed by atoms with E-state index >= 15 is 0 Å². The first-order valence-electron chi connectivity index (χ1n) is 4.97. The van der Waals surface area contributed by atoms with Crippen LogP contribution in [-0.2, 0) is 9.53 Å². The summed E-state index contributed by atoms with van der Waals surface area (Å²) in [4.78, 5) is 10.9. The lowest BCUT2D eigenvalue weighted by molar-refractivity contribution is -0.118. The zero-order valence-corrected chi connectivity index (χ0v) is 11.5. The van der Waals surface area contributed by atoms with Gasteiger partial charge in [0.1, 0.15) is 5.78 Å². The lowest BCUT2D eigenvalue weighted by Gasteiger charge is -1.99. The summed E-state index contributed by atoms with van der Waals surface area (Å²) >= 11 is 1.84. The SMILES string of the molecule is C.CCC(=O)CCSCCCOC.CP. The van der Waals surface area contributed by atoms with Gasteiger partial charge >= 0.3 is 0 Å².